The Balaban J connectivity index is 1.53. The number of carbonyl (C=O) groups is 1. The fourth-order valence-corrected chi connectivity index (χ4v) is 4.41. The van der Waals surface area contributed by atoms with Crippen molar-refractivity contribution in [2.75, 3.05) is 19.7 Å². The minimum Gasteiger partial charge on any atom is -0.372 e. The molecule has 2 aliphatic rings. The smallest absolute Gasteiger partial charge is 0.252 e. The highest BCUT2D eigenvalue weighted by atomic mass is 19.1. The third-order valence-corrected chi connectivity index (χ3v) is 6.02. The third-order valence-electron chi connectivity index (χ3n) is 6.02. The van der Waals surface area contributed by atoms with E-state index in [9.17, 15) is 9.18 Å². The second-order valence-electron chi connectivity index (χ2n) is 8.14. The van der Waals surface area contributed by atoms with Crippen LogP contribution in [0.15, 0.2) is 48.5 Å². The molecule has 4 atom stereocenters. The van der Waals surface area contributed by atoms with Crippen LogP contribution in [-0.2, 0) is 20.7 Å². The number of nitrogens with two attached hydrogens (primary N) is 1. The van der Waals surface area contributed by atoms with Crippen molar-refractivity contribution in [3.8, 4) is 0 Å². The first-order chi connectivity index (χ1) is 14.6. The van der Waals surface area contributed by atoms with Gasteiger partial charge in [-0.3, -0.25) is 4.79 Å². The van der Waals surface area contributed by atoms with Crippen LogP contribution in [0.2, 0.25) is 0 Å². The Hall–Kier alpha value is -2.28. The van der Waals surface area contributed by atoms with Crippen LogP contribution in [0, 0.1) is 5.82 Å². The fourth-order valence-electron chi connectivity index (χ4n) is 4.41. The summed E-state index contributed by atoms with van der Waals surface area (Å²) in [6, 6.07) is 14.4. The van der Waals surface area contributed by atoms with Gasteiger partial charge in [0, 0.05) is 13.1 Å². The number of nitrogens with zero attached hydrogens (tertiary/aromatic N) is 1. The summed E-state index contributed by atoms with van der Waals surface area (Å²) in [6.45, 7) is 3.41. The number of ether oxygens (including phenoxy) is 2. The zero-order valence-corrected chi connectivity index (χ0v) is 17.3. The van der Waals surface area contributed by atoms with Crippen molar-refractivity contribution in [3.05, 3.63) is 71.0 Å². The molecule has 0 aromatic heterocycles. The van der Waals surface area contributed by atoms with E-state index in [2.05, 4.69) is 12.1 Å². The second-order valence-corrected chi connectivity index (χ2v) is 8.14. The Morgan fingerprint density at radius 1 is 1.23 bits per heavy atom. The number of rotatable bonds is 5. The molecule has 1 fully saturated rings. The zero-order valence-electron chi connectivity index (χ0n) is 17.3. The molecule has 2 N–H and O–H groups in total. The summed E-state index contributed by atoms with van der Waals surface area (Å²) < 4.78 is 25.3. The Bertz CT molecular complexity index is 865. The maximum atomic E-state index is 13.5. The maximum Gasteiger partial charge on any atom is 0.252 e. The first-order valence-corrected chi connectivity index (χ1v) is 10.7. The maximum absolute atomic E-state index is 13.5. The third kappa shape index (κ3) is 4.41. The van der Waals surface area contributed by atoms with Gasteiger partial charge in [-0.05, 0) is 55.0 Å². The van der Waals surface area contributed by atoms with Gasteiger partial charge < -0.3 is 20.1 Å². The summed E-state index contributed by atoms with van der Waals surface area (Å²) in [5.74, 6) is -0.293. The quantitative estimate of drug-likeness (QED) is 0.819. The highest BCUT2D eigenvalue weighted by molar-refractivity contribution is 5.82. The molecule has 1 unspecified atom stereocenters. The fraction of sp³-hybridized carbons (Fsp3) is 0.458. The molecule has 6 heteroatoms. The minimum absolute atomic E-state index is 0.0100. The van der Waals surface area contributed by atoms with E-state index in [1.54, 1.807) is 12.1 Å². The molecule has 2 aromatic rings. The van der Waals surface area contributed by atoms with E-state index < -0.39 is 6.10 Å². The van der Waals surface area contributed by atoms with Gasteiger partial charge in [0.05, 0.1) is 24.9 Å². The van der Waals surface area contributed by atoms with Crippen LogP contribution in [0.4, 0.5) is 4.39 Å². The number of halogens is 1. The Morgan fingerprint density at radius 3 is 2.70 bits per heavy atom. The molecule has 30 heavy (non-hydrogen) atoms. The van der Waals surface area contributed by atoms with E-state index in [-0.39, 0.29) is 30.0 Å². The molecular formula is C24H29FN2O3. The number of carbonyl (C=O) groups excluding carboxylic acids is 1. The van der Waals surface area contributed by atoms with Gasteiger partial charge in [-0.15, -0.1) is 0 Å². The lowest BCUT2D eigenvalue weighted by Crippen LogP contribution is -2.48. The summed E-state index contributed by atoms with van der Waals surface area (Å²) in [6.07, 6.45) is 1.66. The van der Waals surface area contributed by atoms with Gasteiger partial charge in [-0.25, -0.2) is 4.39 Å². The van der Waals surface area contributed by atoms with Gasteiger partial charge in [0.2, 0.25) is 0 Å². The Morgan fingerprint density at radius 2 is 2.00 bits per heavy atom. The van der Waals surface area contributed by atoms with Gasteiger partial charge in [-0.2, -0.15) is 0 Å². The van der Waals surface area contributed by atoms with Crippen molar-refractivity contribution < 1.29 is 18.7 Å². The average Bonchev–Trinajstić information content (AvgIpc) is 2.79. The average molecular weight is 413 g/mol. The normalized spacial score (nSPS) is 24.9. The van der Waals surface area contributed by atoms with Gasteiger partial charge in [0.25, 0.3) is 5.91 Å². The first kappa shape index (κ1) is 21.0. The number of hydrogen-bond acceptors (Lipinski definition) is 4. The molecule has 0 saturated carbocycles. The molecule has 0 radical (unpaired) electrons. The van der Waals surface area contributed by atoms with Crippen LogP contribution in [0.5, 0.6) is 0 Å². The van der Waals surface area contributed by atoms with Crippen molar-refractivity contribution in [3.63, 3.8) is 0 Å². The standard InChI is InChI=1S/C24H29FN2O3/c1-16(14-26)30-20-10-11-22(29-15-20)24(28)27-13-12-17-4-2-3-5-21(17)23(27)18-6-8-19(25)9-7-18/h2-9,16,20,22-23H,10-15,26H2,1H3/t16-,20?,22+,23-/m0/s1. The second kappa shape index (κ2) is 9.25. The van der Waals surface area contributed by atoms with Crippen molar-refractivity contribution in [1.29, 1.82) is 0 Å². The topological polar surface area (TPSA) is 64.8 Å². The van der Waals surface area contributed by atoms with Gasteiger partial charge in [-0.1, -0.05) is 36.4 Å². The van der Waals surface area contributed by atoms with Crippen LogP contribution in [0.25, 0.3) is 0 Å². The molecule has 0 spiro atoms. The van der Waals surface area contributed by atoms with Crippen LogP contribution in [-0.4, -0.2) is 48.8 Å². The molecule has 0 bridgehead atoms. The molecule has 160 valence electrons. The van der Waals surface area contributed by atoms with E-state index in [0.29, 0.717) is 26.1 Å². The van der Waals surface area contributed by atoms with E-state index in [1.807, 2.05) is 24.0 Å². The van der Waals surface area contributed by atoms with Crippen molar-refractivity contribution in [2.24, 2.45) is 5.73 Å². The summed E-state index contributed by atoms with van der Waals surface area (Å²) in [4.78, 5) is 15.4. The highest BCUT2D eigenvalue weighted by Gasteiger charge is 2.37. The van der Waals surface area contributed by atoms with Crippen LogP contribution >= 0.6 is 0 Å². The van der Waals surface area contributed by atoms with Crippen LogP contribution in [0.1, 0.15) is 42.5 Å². The first-order valence-electron chi connectivity index (χ1n) is 10.7. The van der Waals surface area contributed by atoms with Gasteiger partial charge in [0.15, 0.2) is 0 Å². The van der Waals surface area contributed by atoms with E-state index in [1.165, 1.54) is 17.7 Å². The molecule has 4 rings (SSSR count). The lowest BCUT2D eigenvalue weighted by atomic mass is 9.87. The number of benzene rings is 2. The Kier molecular flexibility index (Phi) is 6.46. The molecule has 0 aliphatic carbocycles. The molecule has 1 saturated heterocycles. The minimum atomic E-state index is -0.480. The highest BCUT2D eigenvalue weighted by Crippen LogP contribution is 2.36. The van der Waals surface area contributed by atoms with Gasteiger partial charge >= 0.3 is 0 Å². The SMILES string of the molecule is C[C@@H](CN)OC1CC[C@H](C(=O)N2CCc3ccccc3[C@@H]2c2ccc(F)cc2)OC1. The monoisotopic (exact) mass is 412 g/mol. The zero-order chi connectivity index (χ0) is 21.1. The summed E-state index contributed by atoms with van der Waals surface area (Å²) >= 11 is 0. The number of amides is 1. The molecule has 1 amide bonds. The summed E-state index contributed by atoms with van der Waals surface area (Å²) in [5.41, 5.74) is 8.86. The summed E-state index contributed by atoms with van der Waals surface area (Å²) in [5, 5.41) is 0. The molecule has 2 aliphatic heterocycles. The largest absolute Gasteiger partial charge is 0.372 e. The van der Waals surface area contributed by atoms with E-state index >= 15 is 0 Å². The predicted molar refractivity (Wildman–Crippen MR) is 112 cm³/mol. The molecule has 2 aromatic carbocycles. The van der Waals surface area contributed by atoms with Gasteiger partial charge in [0.1, 0.15) is 11.9 Å². The van der Waals surface area contributed by atoms with E-state index in [4.69, 9.17) is 15.2 Å². The lowest BCUT2D eigenvalue weighted by Gasteiger charge is -2.40. The van der Waals surface area contributed by atoms with Crippen molar-refractivity contribution in [1.82, 2.24) is 4.90 Å². The van der Waals surface area contributed by atoms with Crippen LogP contribution < -0.4 is 5.73 Å². The Labute approximate surface area is 177 Å². The van der Waals surface area contributed by atoms with Crippen LogP contribution in [0.3, 0.4) is 0 Å². The lowest BCUT2D eigenvalue weighted by molar-refractivity contribution is -0.158. The number of fused-ring (bicyclic) bond motifs is 1. The molecular weight excluding hydrogens is 383 g/mol. The summed E-state index contributed by atoms with van der Waals surface area (Å²) in [7, 11) is 0. The van der Waals surface area contributed by atoms with E-state index in [0.717, 1.165) is 24.0 Å². The van der Waals surface area contributed by atoms with Crippen molar-refractivity contribution >= 4 is 5.91 Å². The predicted octanol–water partition coefficient (Wildman–Crippen LogP) is 3.21. The number of hydrogen-bond donors (Lipinski definition) is 1. The molecule has 2 heterocycles. The molecule has 5 nitrogen and oxygen atoms in total. The van der Waals surface area contributed by atoms with Crippen molar-refractivity contribution in [2.45, 2.75) is 50.5 Å².